The summed E-state index contributed by atoms with van der Waals surface area (Å²) in [6.45, 7) is 2.33. The first-order valence-corrected chi connectivity index (χ1v) is 9.53. The van der Waals surface area contributed by atoms with Crippen LogP contribution in [-0.2, 0) is 6.61 Å². The summed E-state index contributed by atoms with van der Waals surface area (Å²) >= 11 is 0. The first-order chi connectivity index (χ1) is 14.6. The number of ether oxygens (including phenoxy) is 1. The van der Waals surface area contributed by atoms with Crippen molar-refractivity contribution in [3.05, 3.63) is 77.7 Å². The van der Waals surface area contributed by atoms with Crippen LogP contribution in [0.2, 0.25) is 0 Å². The van der Waals surface area contributed by atoms with E-state index in [9.17, 15) is 4.79 Å². The number of nitrogens with zero attached hydrogens (tertiary/aromatic N) is 2. The average Bonchev–Trinajstić information content (AvgIpc) is 3.39. The molecule has 30 heavy (non-hydrogen) atoms. The highest BCUT2D eigenvalue weighted by atomic mass is 16.5. The number of benzene rings is 2. The largest absolute Gasteiger partial charge is 0.489 e. The molecule has 1 amide bonds. The summed E-state index contributed by atoms with van der Waals surface area (Å²) in [6, 6.07) is 15.9. The third kappa shape index (κ3) is 2.97. The van der Waals surface area contributed by atoms with Crippen molar-refractivity contribution >= 4 is 27.8 Å². The third-order valence-corrected chi connectivity index (χ3v) is 5.25. The van der Waals surface area contributed by atoms with Crippen LogP contribution in [0.15, 0.2) is 60.9 Å². The zero-order valence-corrected chi connectivity index (χ0v) is 16.3. The van der Waals surface area contributed by atoms with Crippen molar-refractivity contribution in [3.63, 3.8) is 0 Å². The Kier molecular flexibility index (Phi) is 4.21. The summed E-state index contributed by atoms with van der Waals surface area (Å²) in [4.78, 5) is 19.6. The van der Waals surface area contributed by atoms with Gasteiger partial charge in [-0.3, -0.25) is 9.89 Å². The number of pyridine rings is 1. The molecule has 0 unspecified atom stereocenters. The zero-order valence-electron chi connectivity index (χ0n) is 16.3. The molecule has 0 saturated carbocycles. The second-order valence-electron chi connectivity index (χ2n) is 7.14. The molecule has 7 nitrogen and oxygen atoms in total. The predicted octanol–water partition coefficient (Wildman–Crippen LogP) is 4.09. The molecule has 0 bridgehead atoms. The van der Waals surface area contributed by atoms with Gasteiger partial charge in [0.1, 0.15) is 18.1 Å². The number of carbonyl (C=O) groups excluding carboxylic acids is 1. The van der Waals surface area contributed by atoms with Crippen molar-refractivity contribution in [2.45, 2.75) is 13.5 Å². The first-order valence-electron chi connectivity index (χ1n) is 9.53. The van der Waals surface area contributed by atoms with Gasteiger partial charge in [0, 0.05) is 33.6 Å². The third-order valence-electron chi connectivity index (χ3n) is 5.25. The van der Waals surface area contributed by atoms with Crippen LogP contribution in [0.4, 0.5) is 0 Å². The van der Waals surface area contributed by atoms with Gasteiger partial charge in [-0.05, 0) is 36.2 Å². The van der Waals surface area contributed by atoms with Crippen LogP contribution in [0, 0.1) is 6.92 Å². The van der Waals surface area contributed by atoms with E-state index in [1.54, 1.807) is 6.20 Å². The highest BCUT2D eigenvalue weighted by Crippen LogP contribution is 2.37. The molecule has 3 heterocycles. The second-order valence-corrected chi connectivity index (χ2v) is 7.14. The maximum absolute atomic E-state index is 11.9. The van der Waals surface area contributed by atoms with Gasteiger partial charge < -0.3 is 15.5 Å². The molecule has 5 aromatic rings. The van der Waals surface area contributed by atoms with Crippen molar-refractivity contribution in [2.75, 3.05) is 0 Å². The number of rotatable bonds is 5. The lowest BCUT2D eigenvalue weighted by Crippen LogP contribution is -2.15. The Morgan fingerprint density at radius 1 is 1.13 bits per heavy atom. The molecule has 0 atom stereocenters. The van der Waals surface area contributed by atoms with Crippen molar-refractivity contribution in [1.82, 2.24) is 20.2 Å². The number of nitrogens with one attached hydrogen (secondary N) is 2. The summed E-state index contributed by atoms with van der Waals surface area (Å²) in [5, 5.41) is 8.75. The van der Waals surface area contributed by atoms with E-state index in [-0.39, 0.29) is 5.69 Å². The quantitative estimate of drug-likeness (QED) is 0.415. The first kappa shape index (κ1) is 17.9. The van der Waals surface area contributed by atoms with E-state index in [0.29, 0.717) is 17.8 Å². The fraction of sp³-hybridized carbons (Fsp3) is 0.0870. The Balaban J connectivity index is 1.62. The monoisotopic (exact) mass is 397 g/mol. The second kappa shape index (κ2) is 7.04. The van der Waals surface area contributed by atoms with Crippen molar-refractivity contribution in [2.24, 2.45) is 5.73 Å². The molecule has 4 N–H and O–H groups in total. The summed E-state index contributed by atoms with van der Waals surface area (Å²) in [7, 11) is 0. The number of hydrogen-bond acceptors (Lipinski definition) is 4. The SMILES string of the molecule is Cc1c(C(N)=O)nc2[nH]ncc2c1-c1c[nH]c2ccc(OCc3ccccc3)cc12. The number of amides is 1. The number of primary amides is 1. The molecule has 0 aliphatic rings. The van der Waals surface area contributed by atoms with Crippen LogP contribution in [0.1, 0.15) is 21.6 Å². The fourth-order valence-corrected chi connectivity index (χ4v) is 3.79. The Bertz CT molecular complexity index is 1390. The Labute approximate surface area is 171 Å². The average molecular weight is 397 g/mol. The highest BCUT2D eigenvalue weighted by molar-refractivity contribution is 6.07. The Morgan fingerprint density at radius 3 is 2.77 bits per heavy atom. The highest BCUT2D eigenvalue weighted by Gasteiger charge is 2.20. The molecule has 0 fully saturated rings. The van der Waals surface area contributed by atoms with Gasteiger partial charge in [0.15, 0.2) is 5.65 Å². The van der Waals surface area contributed by atoms with Crippen molar-refractivity contribution < 1.29 is 9.53 Å². The molecule has 2 aromatic carbocycles. The van der Waals surface area contributed by atoms with Gasteiger partial charge in [-0.15, -0.1) is 0 Å². The van der Waals surface area contributed by atoms with E-state index >= 15 is 0 Å². The molecule has 0 aliphatic carbocycles. The van der Waals surface area contributed by atoms with Crippen molar-refractivity contribution in [1.29, 1.82) is 0 Å². The number of hydrogen-bond donors (Lipinski definition) is 3. The predicted molar refractivity (Wildman–Crippen MR) is 115 cm³/mol. The van der Waals surface area contributed by atoms with Crippen LogP contribution >= 0.6 is 0 Å². The molecule has 148 valence electrons. The number of nitrogens with two attached hydrogens (primary N) is 1. The maximum atomic E-state index is 11.9. The number of carbonyl (C=O) groups is 1. The number of H-pyrrole nitrogens is 2. The molecule has 0 saturated heterocycles. The Morgan fingerprint density at radius 2 is 1.97 bits per heavy atom. The van der Waals surface area contributed by atoms with E-state index in [2.05, 4.69) is 20.2 Å². The summed E-state index contributed by atoms with van der Waals surface area (Å²) in [6.07, 6.45) is 3.63. The van der Waals surface area contributed by atoms with E-state index in [0.717, 1.165) is 38.7 Å². The van der Waals surface area contributed by atoms with Gasteiger partial charge in [-0.2, -0.15) is 5.10 Å². The summed E-state index contributed by atoms with van der Waals surface area (Å²) < 4.78 is 6.01. The topological polar surface area (TPSA) is 110 Å². The lowest BCUT2D eigenvalue weighted by atomic mass is 9.96. The standard InChI is InChI=1S/C23H19N5O2/c1-13-20(18-11-26-28-23(18)27-21(13)22(24)29)17-10-25-19-8-7-15(9-16(17)19)30-12-14-5-3-2-4-6-14/h2-11,25H,12H2,1H3,(H2,24,29)(H,26,27,28). The molecule has 0 aliphatic heterocycles. The Hall–Kier alpha value is -4.13. The van der Waals surface area contributed by atoms with Crippen LogP contribution < -0.4 is 10.5 Å². The zero-order chi connectivity index (χ0) is 20.7. The van der Waals surface area contributed by atoms with Gasteiger partial charge in [-0.25, -0.2) is 4.98 Å². The maximum Gasteiger partial charge on any atom is 0.267 e. The normalized spacial score (nSPS) is 11.2. The van der Waals surface area contributed by atoms with Gasteiger partial charge >= 0.3 is 0 Å². The van der Waals surface area contributed by atoms with Gasteiger partial charge in [-0.1, -0.05) is 30.3 Å². The molecule has 0 spiro atoms. The summed E-state index contributed by atoms with van der Waals surface area (Å²) in [5.41, 5.74) is 10.9. The van der Waals surface area contributed by atoms with E-state index in [1.165, 1.54) is 0 Å². The minimum Gasteiger partial charge on any atom is -0.489 e. The molecule has 0 radical (unpaired) electrons. The van der Waals surface area contributed by atoms with Crippen LogP contribution in [0.3, 0.4) is 0 Å². The van der Waals surface area contributed by atoms with E-state index in [1.807, 2.05) is 61.7 Å². The van der Waals surface area contributed by atoms with Gasteiger partial charge in [0.05, 0.1) is 6.20 Å². The number of fused-ring (bicyclic) bond motifs is 2. The smallest absolute Gasteiger partial charge is 0.267 e. The lowest BCUT2D eigenvalue weighted by molar-refractivity contribution is 0.0995. The molecular weight excluding hydrogens is 378 g/mol. The molecular formula is C23H19N5O2. The molecule has 3 aromatic heterocycles. The number of aromatic amines is 2. The summed E-state index contributed by atoms with van der Waals surface area (Å²) in [5.74, 6) is 0.189. The van der Waals surface area contributed by atoms with Crippen molar-refractivity contribution in [3.8, 4) is 16.9 Å². The van der Waals surface area contributed by atoms with Crippen LogP contribution in [0.25, 0.3) is 33.1 Å². The minimum atomic E-state index is -0.572. The minimum absolute atomic E-state index is 0.229. The van der Waals surface area contributed by atoms with Crippen LogP contribution in [-0.4, -0.2) is 26.1 Å². The molecule has 7 heteroatoms. The van der Waals surface area contributed by atoms with Crippen LogP contribution in [0.5, 0.6) is 5.75 Å². The number of aromatic nitrogens is 4. The van der Waals surface area contributed by atoms with E-state index in [4.69, 9.17) is 10.5 Å². The lowest BCUT2D eigenvalue weighted by Gasteiger charge is -2.11. The van der Waals surface area contributed by atoms with Gasteiger partial charge in [0.25, 0.3) is 5.91 Å². The fourth-order valence-electron chi connectivity index (χ4n) is 3.79. The molecule has 5 rings (SSSR count). The van der Waals surface area contributed by atoms with E-state index < -0.39 is 5.91 Å². The van der Waals surface area contributed by atoms with Gasteiger partial charge in [0.2, 0.25) is 0 Å².